The minimum absolute atomic E-state index is 0. The van der Waals surface area contributed by atoms with Crippen LogP contribution in [0.5, 0.6) is 0 Å². The van der Waals surface area contributed by atoms with E-state index in [-0.39, 0.29) is 25.8 Å². The molecule has 3 radical (unpaired) electrons. The van der Waals surface area contributed by atoms with Gasteiger partial charge in [0.2, 0.25) is 0 Å². The average molecular weight is 257 g/mol. The molecule has 0 bridgehead atoms. The van der Waals surface area contributed by atoms with Crippen molar-refractivity contribution in [2.24, 2.45) is 5.41 Å². The molecule has 0 spiro atoms. The molecule has 0 aromatic rings. The third-order valence-electron chi connectivity index (χ3n) is 2.47. The second-order valence-corrected chi connectivity index (χ2v) is 3.43. The Labute approximate surface area is 86.2 Å². The molecule has 0 unspecified atom stereocenters. The van der Waals surface area contributed by atoms with Crippen molar-refractivity contribution in [3.05, 3.63) is 0 Å². The predicted octanol–water partition coefficient (Wildman–Crippen LogP) is 1.66. The minimum Gasteiger partial charge on any atom is -0.481 e. The van der Waals surface area contributed by atoms with E-state index in [1.807, 2.05) is 6.92 Å². The van der Waals surface area contributed by atoms with E-state index in [1.165, 1.54) is 6.42 Å². The van der Waals surface area contributed by atoms with Crippen LogP contribution in [0.2, 0.25) is 0 Å². The number of rotatable bonds is 1. The van der Waals surface area contributed by atoms with Gasteiger partial charge in [0.05, 0.1) is 5.41 Å². The summed E-state index contributed by atoms with van der Waals surface area (Å²) in [4.78, 5) is 10.7. The first kappa shape index (κ1) is 11.3. The Kier molecular flexibility index (Phi) is 4.52. The molecule has 0 saturated heterocycles. The molecule has 0 aliphatic heterocycles. The maximum atomic E-state index is 10.7. The van der Waals surface area contributed by atoms with Crippen molar-refractivity contribution in [1.29, 1.82) is 0 Å². The molecule has 3 heteroatoms. The summed E-state index contributed by atoms with van der Waals surface area (Å²) in [7, 11) is 0. The molecule has 0 heterocycles. The maximum Gasteiger partial charge on any atom is 0.309 e. The topological polar surface area (TPSA) is 37.3 Å². The fraction of sp³-hybridized carbons (Fsp3) is 0.875. The van der Waals surface area contributed by atoms with Crippen LogP contribution in [0.25, 0.3) is 0 Å². The van der Waals surface area contributed by atoms with Gasteiger partial charge in [0.25, 0.3) is 0 Å². The summed E-state index contributed by atoms with van der Waals surface area (Å²) in [6, 6.07) is 0. The van der Waals surface area contributed by atoms with E-state index < -0.39 is 11.4 Å². The van der Waals surface area contributed by atoms with Gasteiger partial charge in [-0.1, -0.05) is 19.3 Å². The SMILES string of the molecule is CC1(C(=O)O)CCCCC1.[In]. The number of hydrogen-bond donors (Lipinski definition) is 1. The quantitative estimate of drug-likeness (QED) is 0.775. The molecule has 1 saturated carbocycles. The van der Waals surface area contributed by atoms with E-state index in [4.69, 9.17) is 5.11 Å². The van der Waals surface area contributed by atoms with E-state index >= 15 is 0 Å². The van der Waals surface area contributed by atoms with Gasteiger partial charge in [-0.15, -0.1) is 0 Å². The molecule has 1 fully saturated rings. The maximum absolute atomic E-state index is 10.7. The van der Waals surface area contributed by atoms with Crippen molar-refractivity contribution < 1.29 is 9.90 Å². The van der Waals surface area contributed by atoms with Crippen LogP contribution in [0, 0.1) is 5.41 Å². The van der Waals surface area contributed by atoms with Gasteiger partial charge < -0.3 is 5.11 Å². The Bertz CT molecular complexity index is 139. The number of aliphatic carboxylic acids is 1. The normalized spacial score (nSPS) is 21.9. The minimum atomic E-state index is -0.618. The van der Waals surface area contributed by atoms with E-state index in [0.29, 0.717) is 0 Å². The van der Waals surface area contributed by atoms with Gasteiger partial charge in [0.15, 0.2) is 0 Å². The number of carboxylic acids is 1. The first-order chi connectivity index (χ1) is 4.65. The molecular formula is C8H14InO2. The second-order valence-electron chi connectivity index (χ2n) is 3.43. The Morgan fingerprint density at radius 2 is 1.73 bits per heavy atom. The van der Waals surface area contributed by atoms with E-state index in [9.17, 15) is 4.79 Å². The number of hydrogen-bond acceptors (Lipinski definition) is 1. The summed E-state index contributed by atoms with van der Waals surface area (Å²) in [5, 5.41) is 8.80. The van der Waals surface area contributed by atoms with Gasteiger partial charge in [0.1, 0.15) is 0 Å². The Balaban J connectivity index is 0.000001000. The monoisotopic (exact) mass is 257 g/mol. The van der Waals surface area contributed by atoms with Crippen LogP contribution >= 0.6 is 0 Å². The van der Waals surface area contributed by atoms with Crippen LogP contribution in [0.15, 0.2) is 0 Å². The van der Waals surface area contributed by atoms with Crippen molar-refractivity contribution in [3.8, 4) is 0 Å². The molecule has 0 amide bonds. The van der Waals surface area contributed by atoms with Crippen molar-refractivity contribution in [2.75, 3.05) is 0 Å². The Morgan fingerprint density at radius 3 is 2.00 bits per heavy atom. The molecule has 61 valence electrons. The van der Waals surface area contributed by atoms with Gasteiger partial charge >= 0.3 is 5.97 Å². The van der Waals surface area contributed by atoms with E-state index in [1.54, 1.807) is 0 Å². The summed E-state index contributed by atoms with van der Waals surface area (Å²) < 4.78 is 0. The molecule has 1 rings (SSSR count). The smallest absolute Gasteiger partial charge is 0.309 e. The summed E-state index contributed by atoms with van der Waals surface area (Å²) in [5.41, 5.74) is -0.405. The standard InChI is InChI=1S/C8H14O2.In/c1-8(7(9)10)5-3-2-4-6-8;/h2-6H2,1H3,(H,9,10);. The third kappa shape index (κ3) is 2.69. The van der Waals surface area contributed by atoms with E-state index in [2.05, 4.69) is 0 Å². The van der Waals surface area contributed by atoms with E-state index in [0.717, 1.165) is 25.7 Å². The zero-order valence-corrected chi connectivity index (χ0v) is 10.3. The predicted molar refractivity (Wildman–Crippen MR) is 44.6 cm³/mol. The van der Waals surface area contributed by atoms with Crippen LogP contribution in [-0.2, 0) is 4.79 Å². The molecule has 2 nitrogen and oxygen atoms in total. The van der Waals surface area contributed by atoms with Crippen molar-refractivity contribution in [1.82, 2.24) is 0 Å². The van der Waals surface area contributed by atoms with Crippen LogP contribution in [-0.4, -0.2) is 36.9 Å². The van der Waals surface area contributed by atoms with Gasteiger partial charge in [-0.05, 0) is 19.8 Å². The van der Waals surface area contributed by atoms with Crippen molar-refractivity contribution in [3.63, 3.8) is 0 Å². The van der Waals surface area contributed by atoms with Crippen LogP contribution in [0.3, 0.4) is 0 Å². The van der Waals surface area contributed by atoms with Gasteiger partial charge in [-0.2, -0.15) is 0 Å². The second kappa shape index (κ2) is 4.39. The largest absolute Gasteiger partial charge is 0.481 e. The average Bonchev–Trinajstić information content (AvgIpc) is 1.89. The van der Waals surface area contributed by atoms with Crippen molar-refractivity contribution in [2.45, 2.75) is 39.0 Å². The number of carbonyl (C=O) groups is 1. The summed E-state index contributed by atoms with van der Waals surface area (Å²) in [5.74, 6) is -0.618. The zero-order valence-electron chi connectivity index (χ0n) is 6.97. The van der Waals surface area contributed by atoms with Crippen LogP contribution in [0.4, 0.5) is 0 Å². The fourth-order valence-electron chi connectivity index (χ4n) is 1.55. The first-order valence-electron chi connectivity index (χ1n) is 3.88. The molecule has 11 heavy (non-hydrogen) atoms. The zero-order chi connectivity index (χ0) is 7.61. The van der Waals surface area contributed by atoms with Crippen LogP contribution < -0.4 is 0 Å². The van der Waals surface area contributed by atoms with Gasteiger partial charge in [0, 0.05) is 25.8 Å². The number of carboxylic acid groups (broad SMARTS) is 1. The molecule has 1 aliphatic carbocycles. The molecule has 1 N–H and O–H groups in total. The van der Waals surface area contributed by atoms with Crippen molar-refractivity contribution >= 4 is 31.8 Å². The first-order valence-corrected chi connectivity index (χ1v) is 3.88. The molecule has 0 atom stereocenters. The van der Waals surface area contributed by atoms with Crippen LogP contribution in [0.1, 0.15) is 39.0 Å². The Hall–Kier alpha value is 0.340. The molecule has 0 aromatic heterocycles. The molecule has 0 aromatic carbocycles. The molecule has 1 aliphatic rings. The summed E-state index contributed by atoms with van der Waals surface area (Å²) in [6.07, 6.45) is 5.11. The van der Waals surface area contributed by atoms with Gasteiger partial charge in [-0.25, -0.2) is 0 Å². The van der Waals surface area contributed by atoms with Gasteiger partial charge in [-0.3, -0.25) is 4.79 Å². The summed E-state index contributed by atoms with van der Waals surface area (Å²) in [6.45, 7) is 1.86. The summed E-state index contributed by atoms with van der Waals surface area (Å²) >= 11 is 0. The molecular weight excluding hydrogens is 243 g/mol. The fourth-order valence-corrected chi connectivity index (χ4v) is 1.55. The Morgan fingerprint density at radius 1 is 1.27 bits per heavy atom. The third-order valence-corrected chi connectivity index (χ3v) is 2.47.